The normalized spacial score (nSPS) is 10.9. The minimum atomic E-state index is 0.674. The van der Waals surface area contributed by atoms with Crippen molar-refractivity contribution < 1.29 is 4.74 Å². The first-order chi connectivity index (χ1) is 8.65. The zero-order chi connectivity index (χ0) is 13.4. The Morgan fingerprint density at radius 3 is 2.67 bits per heavy atom. The average Bonchev–Trinajstić information content (AvgIpc) is 2.35. The SMILES string of the molecule is CCNCc1cc(CC)nc(OCCN(C)C)c1. The molecule has 0 radical (unpaired) electrons. The van der Waals surface area contributed by atoms with Gasteiger partial charge in [0.1, 0.15) is 6.61 Å². The third kappa shape index (κ3) is 5.47. The molecule has 1 N–H and O–H groups in total. The summed E-state index contributed by atoms with van der Waals surface area (Å²) in [6.07, 6.45) is 0.935. The van der Waals surface area contributed by atoms with Gasteiger partial charge in [-0.05, 0) is 38.7 Å². The van der Waals surface area contributed by atoms with E-state index in [1.807, 2.05) is 20.2 Å². The predicted octanol–water partition coefficient (Wildman–Crippen LogP) is 1.69. The molecule has 18 heavy (non-hydrogen) atoms. The number of rotatable bonds is 8. The van der Waals surface area contributed by atoms with Crippen LogP contribution in [0.15, 0.2) is 12.1 Å². The van der Waals surface area contributed by atoms with Crippen molar-refractivity contribution in [1.82, 2.24) is 15.2 Å². The first-order valence-electron chi connectivity index (χ1n) is 6.63. The van der Waals surface area contributed by atoms with Crippen LogP contribution in [0.3, 0.4) is 0 Å². The van der Waals surface area contributed by atoms with Crippen molar-refractivity contribution in [3.05, 3.63) is 23.4 Å². The lowest BCUT2D eigenvalue weighted by Gasteiger charge is -2.12. The van der Waals surface area contributed by atoms with Gasteiger partial charge in [0.25, 0.3) is 0 Å². The van der Waals surface area contributed by atoms with Gasteiger partial charge in [-0.25, -0.2) is 4.98 Å². The van der Waals surface area contributed by atoms with Crippen molar-refractivity contribution in [2.45, 2.75) is 26.8 Å². The Bertz CT molecular complexity index is 353. The molecular weight excluding hydrogens is 226 g/mol. The highest BCUT2D eigenvalue weighted by Gasteiger charge is 2.03. The summed E-state index contributed by atoms with van der Waals surface area (Å²) >= 11 is 0. The monoisotopic (exact) mass is 251 g/mol. The molecule has 0 amide bonds. The van der Waals surface area contributed by atoms with E-state index in [9.17, 15) is 0 Å². The van der Waals surface area contributed by atoms with Gasteiger partial charge in [-0.1, -0.05) is 13.8 Å². The lowest BCUT2D eigenvalue weighted by molar-refractivity contribution is 0.253. The van der Waals surface area contributed by atoms with Crippen molar-refractivity contribution in [2.75, 3.05) is 33.8 Å². The van der Waals surface area contributed by atoms with Gasteiger partial charge in [-0.15, -0.1) is 0 Å². The zero-order valence-corrected chi connectivity index (χ0v) is 12.0. The Morgan fingerprint density at radius 2 is 2.06 bits per heavy atom. The molecular formula is C14H25N3O. The molecule has 0 aliphatic heterocycles. The van der Waals surface area contributed by atoms with E-state index in [-0.39, 0.29) is 0 Å². The topological polar surface area (TPSA) is 37.4 Å². The molecule has 0 aliphatic rings. The molecule has 4 nitrogen and oxygen atoms in total. The van der Waals surface area contributed by atoms with E-state index in [0.717, 1.165) is 37.6 Å². The van der Waals surface area contributed by atoms with E-state index >= 15 is 0 Å². The Hall–Kier alpha value is -1.13. The highest BCUT2D eigenvalue weighted by molar-refractivity contribution is 5.25. The minimum Gasteiger partial charge on any atom is -0.476 e. The predicted molar refractivity (Wildman–Crippen MR) is 75.0 cm³/mol. The number of hydrogen-bond acceptors (Lipinski definition) is 4. The largest absolute Gasteiger partial charge is 0.476 e. The van der Waals surface area contributed by atoms with Gasteiger partial charge < -0.3 is 15.0 Å². The maximum Gasteiger partial charge on any atom is 0.213 e. The van der Waals surface area contributed by atoms with Crippen molar-refractivity contribution in [2.24, 2.45) is 0 Å². The third-order valence-electron chi connectivity index (χ3n) is 2.64. The number of aryl methyl sites for hydroxylation is 1. The van der Waals surface area contributed by atoms with Crippen LogP contribution < -0.4 is 10.1 Å². The fourth-order valence-electron chi connectivity index (χ4n) is 1.58. The second kappa shape index (κ2) is 8.06. The highest BCUT2D eigenvalue weighted by Crippen LogP contribution is 2.13. The second-order valence-corrected chi connectivity index (χ2v) is 4.59. The van der Waals surface area contributed by atoms with Gasteiger partial charge in [0.15, 0.2) is 0 Å². The first kappa shape index (κ1) is 14.9. The maximum atomic E-state index is 5.70. The lowest BCUT2D eigenvalue weighted by Crippen LogP contribution is -2.20. The Kier molecular flexibility index (Phi) is 6.68. The van der Waals surface area contributed by atoms with Crippen LogP contribution in [0, 0.1) is 0 Å². The van der Waals surface area contributed by atoms with Crippen LogP contribution in [0.5, 0.6) is 5.88 Å². The molecule has 102 valence electrons. The number of nitrogens with one attached hydrogen (secondary N) is 1. The molecule has 0 spiro atoms. The summed E-state index contributed by atoms with van der Waals surface area (Å²) in [5.41, 5.74) is 2.33. The molecule has 0 bridgehead atoms. The summed E-state index contributed by atoms with van der Waals surface area (Å²) in [5, 5.41) is 3.33. The van der Waals surface area contributed by atoms with Crippen LogP contribution in [0.1, 0.15) is 25.1 Å². The number of likely N-dealkylation sites (N-methyl/N-ethyl adjacent to an activating group) is 1. The Morgan fingerprint density at radius 1 is 1.28 bits per heavy atom. The number of hydrogen-bond donors (Lipinski definition) is 1. The fraction of sp³-hybridized carbons (Fsp3) is 0.643. The molecule has 0 atom stereocenters. The average molecular weight is 251 g/mol. The molecule has 1 aromatic heterocycles. The summed E-state index contributed by atoms with van der Waals surface area (Å²) in [6.45, 7) is 7.64. The molecule has 0 aliphatic carbocycles. The summed E-state index contributed by atoms with van der Waals surface area (Å²) in [6, 6.07) is 4.17. The van der Waals surface area contributed by atoms with Gasteiger partial charge in [0.05, 0.1) is 0 Å². The smallest absolute Gasteiger partial charge is 0.213 e. The van der Waals surface area contributed by atoms with E-state index in [0.29, 0.717) is 6.61 Å². The summed E-state index contributed by atoms with van der Waals surface area (Å²) in [7, 11) is 4.08. The van der Waals surface area contributed by atoms with E-state index in [1.54, 1.807) is 0 Å². The van der Waals surface area contributed by atoms with Crippen LogP contribution in [0.4, 0.5) is 0 Å². The highest BCUT2D eigenvalue weighted by atomic mass is 16.5. The van der Waals surface area contributed by atoms with Crippen molar-refractivity contribution in [1.29, 1.82) is 0 Å². The van der Waals surface area contributed by atoms with Crippen molar-refractivity contribution in [3.63, 3.8) is 0 Å². The molecule has 4 heteroatoms. The van der Waals surface area contributed by atoms with Crippen LogP contribution in [0.25, 0.3) is 0 Å². The Balaban J connectivity index is 2.64. The molecule has 0 saturated carbocycles. The summed E-state index contributed by atoms with van der Waals surface area (Å²) < 4.78 is 5.70. The third-order valence-corrected chi connectivity index (χ3v) is 2.64. The molecule has 1 rings (SSSR count). The van der Waals surface area contributed by atoms with E-state index < -0.39 is 0 Å². The van der Waals surface area contributed by atoms with Gasteiger partial charge in [-0.2, -0.15) is 0 Å². The Labute approximate surface area is 110 Å². The van der Waals surface area contributed by atoms with Crippen molar-refractivity contribution >= 4 is 0 Å². The number of nitrogens with zero attached hydrogens (tertiary/aromatic N) is 2. The standard InChI is InChI=1S/C14H25N3O/c1-5-13-9-12(11-15-6-2)10-14(16-13)18-8-7-17(3)4/h9-10,15H,5-8,11H2,1-4H3. The summed E-state index contributed by atoms with van der Waals surface area (Å²) in [4.78, 5) is 6.59. The zero-order valence-electron chi connectivity index (χ0n) is 12.0. The molecule has 0 aromatic carbocycles. The van der Waals surface area contributed by atoms with Crippen molar-refractivity contribution in [3.8, 4) is 5.88 Å². The molecule has 0 fully saturated rings. The van der Waals surface area contributed by atoms with Gasteiger partial charge in [0.2, 0.25) is 5.88 Å². The minimum absolute atomic E-state index is 0.674. The number of ether oxygens (including phenoxy) is 1. The summed E-state index contributed by atoms with van der Waals surface area (Å²) in [5.74, 6) is 0.740. The first-order valence-corrected chi connectivity index (χ1v) is 6.63. The quantitative estimate of drug-likeness (QED) is 0.763. The van der Waals surface area contributed by atoms with Gasteiger partial charge in [0, 0.05) is 24.8 Å². The van der Waals surface area contributed by atoms with Gasteiger partial charge >= 0.3 is 0 Å². The lowest BCUT2D eigenvalue weighted by atomic mass is 10.2. The van der Waals surface area contributed by atoms with Crippen LogP contribution >= 0.6 is 0 Å². The van der Waals surface area contributed by atoms with E-state index in [2.05, 4.69) is 35.1 Å². The number of aromatic nitrogens is 1. The number of pyridine rings is 1. The van der Waals surface area contributed by atoms with Crippen LogP contribution in [-0.4, -0.2) is 43.7 Å². The van der Waals surface area contributed by atoms with Gasteiger partial charge in [-0.3, -0.25) is 0 Å². The van der Waals surface area contributed by atoms with E-state index in [4.69, 9.17) is 4.74 Å². The maximum absolute atomic E-state index is 5.70. The molecule has 0 saturated heterocycles. The fourth-order valence-corrected chi connectivity index (χ4v) is 1.58. The molecule has 1 aromatic rings. The van der Waals surface area contributed by atoms with Crippen LogP contribution in [0.2, 0.25) is 0 Å². The van der Waals surface area contributed by atoms with E-state index in [1.165, 1.54) is 5.56 Å². The molecule has 1 heterocycles. The molecule has 0 unspecified atom stereocenters. The second-order valence-electron chi connectivity index (χ2n) is 4.59. The van der Waals surface area contributed by atoms with Crippen LogP contribution in [-0.2, 0) is 13.0 Å².